The van der Waals surface area contributed by atoms with Gasteiger partial charge in [-0.3, -0.25) is 4.79 Å². The molecule has 1 aliphatic heterocycles. The highest BCUT2D eigenvalue weighted by atomic mass is 79.9. The van der Waals surface area contributed by atoms with Gasteiger partial charge in [0.05, 0.1) is 0 Å². The van der Waals surface area contributed by atoms with Crippen molar-refractivity contribution >= 4 is 38.5 Å². The molecule has 0 atom stereocenters. The lowest BCUT2D eigenvalue weighted by Crippen LogP contribution is -2.38. The van der Waals surface area contributed by atoms with Crippen molar-refractivity contribution in [1.82, 2.24) is 14.7 Å². The van der Waals surface area contributed by atoms with Gasteiger partial charge in [0.25, 0.3) is 5.91 Å². The van der Waals surface area contributed by atoms with Gasteiger partial charge in [-0.1, -0.05) is 51.8 Å². The molecule has 1 aliphatic rings. The number of benzene rings is 2. The van der Waals surface area contributed by atoms with Crippen LogP contribution in [0.25, 0.3) is 0 Å². The first-order chi connectivity index (χ1) is 14.6. The fourth-order valence-corrected chi connectivity index (χ4v) is 4.77. The zero-order chi connectivity index (χ0) is 20.9. The van der Waals surface area contributed by atoms with Gasteiger partial charge in [-0.05, 0) is 49.4 Å². The Labute approximate surface area is 189 Å². The molecule has 4 rings (SSSR count). The van der Waals surface area contributed by atoms with E-state index in [0.717, 1.165) is 47.8 Å². The molecule has 0 radical (unpaired) electrons. The van der Waals surface area contributed by atoms with E-state index in [-0.39, 0.29) is 5.91 Å². The number of amides is 1. The lowest BCUT2D eigenvalue weighted by molar-refractivity contribution is 0.0945. The van der Waals surface area contributed by atoms with Gasteiger partial charge >= 0.3 is 0 Å². The highest BCUT2D eigenvalue weighted by Crippen LogP contribution is 2.25. The summed E-state index contributed by atoms with van der Waals surface area (Å²) in [5.74, 6) is 1.38. The van der Waals surface area contributed by atoms with Gasteiger partial charge in [0.15, 0.2) is 0 Å². The Bertz CT molecular complexity index is 996. The van der Waals surface area contributed by atoms with Crippen LogP contribution in [0.5, 0.6) is 0 Å². The van der Waals surface area contributed by atoms with Crippen molar-refractivity contribution in [2.75, 3.05) is 24.5 Å². The highest BCUT2D eigenvalue weighted by molar-refractivity contribution is 9.10. The SMILES string of the molecule is Cc1ccc(Cc2nsc(N3CCC(CNC(=O)c4cccc(Br)c4)CC3)n2)cc1. The topological polar surface area (TPSA) is 58.1 Å². The first kappa shape index (κ1) is 21.0. The minimum Gasteiger partial charge on any atom is -0.352 e. The van der Waals surface area contributed by atoms with Crippen molar-refractivity contribution in [1.29, 1.82) is 0 Å². The van der Waals surface area contributed by atoms with Crippen LogP contribution in [0.3, 0.4) is 0 Å². The molecule has 0 saturated carbocycles. The van der Waals surface area contributed by atoms with Crippen molar-refractivity contribution in [3.05, 3.63) is 75.5 Å². The third-order valence-corrected chi connectivity index (χ3v) is 6.77. The number of hydrogen-bond donors (Lipinski definition) is 1. The van der Waals surface area contributed by atoms with Gasteiger partial charge in [-0.2, -0.15) is 4.37 Å². The van der Waals surface area contributed by atoms with Crippen molar-refractivity contribution in [3.63, 3.8) is 0 Å². The van der Waals surface area contributed by atoms with Crippen molar-refractivity contribution in [2.24, 2.45) is 5.92 Å². The van der Waals surface area contributed by atoms with E-state index in [0.29, 0.717) is 18.0 Å². The normalized spacial score (nSPS) is 14.7. The number of piperidine rings is 1. The van der Waals surface area contributed by atoms with Crippen LogP contribution in [0.1, 0.15) is 40.2 Å². The van der Waals surface area contributed by atoms with Crippen LogP contribution in [0.4, 0.5) is 5.13 Å². The van der Waals surface area contributed by atoms with E-state index in [4.69, 9.17) is 4.98 Å². The summed E-state index contributed by atoms with van der Waals surface area (Å²) in [7, 11) is 0. The summed E-state index contributed by atoms with van der Waals surface area (Å²) in [5, 5.41) is 4.09. The van der Waals surface area contributed by atoms with E-state index in [1.165, 1.54) is 22.7 Å². The summed E-state index contributed by atoms with van der Waals surface area (Å²) >= 11 is 4.90. The van der Waals surface area contributed by atoms with Crippen molar-refractivity contribution in [3.8, 4) is 0 Å². The van der Waals surface area contributed by atoms with Gasteiger partial charge in [0.2, 0.25) is 5.13 Å². The number of aryl methyl sites for hydroxylation is 1. The zero-order valence-electron chi connectivity index (χ0n) is 17.0. The zero-order valence-corrected chi connectivity index (χ0v) is 19.4. The van der Waals surface area contributed by atoms with E-state index in [1.807, 2.05) is 24.3 Å². The number of nitrogens with one attached hydrogen (secondary N) is 1. The fraction of sp³-hybridized carbons (Fsp3) is 0.348. The molecule has 5 nitrogen and oxygen atoms in total. The molecule has 1 fully saturated rings. The molecule has 1 saturated heterocycles. The Morgan fingerprint density at radius 2 is 1.97 bits per heavy atom. The predicted molar refractivity (Wildman–Crippen MR) is 125 cm³/mol. The van der Waals surface area contributed by atoms with Gasteiger partial charge < -0.3 is 10.2 Å². The van der Waals surface area contributed by atoms with Crippen LogP contribution in [0.2, 0.25) is 0 Å². The van der Waals surface area contributed by atoms with Gasteiger partial charge in [0, 0.05) is 47.6 Å². The maximum absolute atomic E-state index is 12.3. The molecule has 0 bridgehead atoms. The molecule has 0 aliphatic carbocycles. The van der Waals surface area contributed by atoms with Crippen LogP contribution in [-0.4, -0.2) is 34.9 Å². The molecule has 156 valence electrons. The number of hydrogen-bond acceptors (Lipinski definition) is 5. The van der Waals surface area contributed by atoms with Crippen LogP contribution >= 0.6 is 27.5 Å². The van der Waals surface area contributed by atoms with E-state index >= 15 is 0 Å². The third kappa shape index (κ3) is 5.46. The van der Waals surface area contributed by atoms with Crippen LogP contribution in [0.15, 0.2) is 53.0 Å². The van der Waals surface area contributed by atoms with E-state index in [2.05, 4.69) is 61.7 Å². The van der Waals surface area contributed by atoms with Crippen molar-refractivity contribution < 1.29 is 4.79 Å². The highest BCUT2D eigenvalue weighted by Gasteiger charge is 2.22. The Morgan fingerprint density at radius 1 is 1.20 bits per heavy atom. The second-order valence-corrected chi connectivity index (χ2v) is 9.45. The largest absolute Gasteiger partial charge is 0.352 e. The molecule has 1 aromatic heterocycles. The lowest BCUT2D eigenvalue weighted by atomic mass is 9.97. The molecule has 2 aromatic carbocycles. The number of rotatable bonds is 6. The minimum atomic E-state index is -0.0106. The number of aromatic nitrogens is 2. The van der Waals surface area contributed by atoms with E-state index in [9.17, 15) is 4.79 Å². The van der Waals surface area contributed by atoms with E-state index < -0.39 is 0 Å². The second-order valence-electron chi connectivity index (χ2n) is 7.81. The summed E-state index contributed by atoms with van der Waals surface area (Å²) in [6.45, 7) is 4.72. The Morgan fingerprint density at radius 3 is 2.70 bits per heavy atom. The van der Waals surface area contributed by atoms with Gasteiger partial charge in [-0.15, -0.1) is 0 Å². The quantitative estimate of drug-likeness (QED) is 0.543. The van der Waals surface area contributed by atoms with Crippen LogP contribution < -0.4 is 10.2 Å². The average Bonchev–Trinajstić information content (AvgIpc) is 3.22. The summed E-state index contributed by atoms with van der Waals surface area (Å²) in [6.07, 6.45) is 2.87. The monoisotopic (exact) mass is 484 g/mol. The molecule has 0 unspecified atom stereocenters. The van der Waals surface area contributed by atoms with E-state index in [1.54, 1.807) is 0 Å². The van der Waals surface area contributed by atoms with Crippen LogP contribution in [-0.2, 0) is 6.42 Å². The number of nitrogens with zero attached hydrogens (tertiary/aromatic N) is 3. The first-order valence-electron chi connectivity index (χ1n) is 10.2. The molecule has 2 heterocycles. The standard InChI is InChI=1S/C23H25BrN4OS/c1-16-5-7-17(8-6-16)13-21-26-23(30-27-21)28-11-9-18(10-12-28)15-25-22(29)19-3-2-4-20(24)14-19/h2-8,14,18H,9-13,15H2,1H3,(H,25,29). The Hall–Kier alpha value is -2.25. The number of carbonyl (C=O) groups excluding carboxylic acids is 1. The minimum absolute atomic E-state index is 0.0106. The molecular weight excluding hydrogens is 460 g/mol. The molecule has 1 N–H and O–H groups in total. The first-order valence-corrected chi connectivity index (χ1v) is 11.8. The van der Waals surface area contributed by atoms with Gasteiger partial charge in [0.1, 0.15) is 5.82 Å². The molecule has 7 heteroatoms. The molecule has 0 spiro atoms. The van der Waals surface area contributed by atoms with Gasteiger partial charge in [-0.25, -0.2) is 4.98 Å². The number of halogens is 1. The average molecular weight is 485 g/mol. The molecular formula is C23H25BrN4OS. The fourth-order valence-electron chi connectivity index (χ4n) is 3.63. The maximum Gasteiger partial charge on any atom is 0.251 e. The smallest absolute Gasteiger partial charge is 0.251 e. The third-order valence-electron chi connectivity index (χ3n) is 5.46. The second kappa shape index (κ2) is 9.71. The Balaban J connectivity index is 1.25. The maximum atomic E-state index is 12.3. The molecule has 30 heavy (non-hydrogen) atoms. The lowest BCUT2D eigenvalue weighted by Gasteiger charge is -2.31. The Kier molecular flexibility index (Phi) is 6.79. The number of anilines is 1. The van der Waals surface area contributed by atoms with Crippen molar-refractivity contribution in [2.45, 2.75) is 26.2 Å². The molecule has 1 amide bonds. The summed E-state index contributed by atoms with van der Waals surface area (Å²) in [5.41, 5.74) is 3.20. The summed E-state index contributed by atoms with van der Waals surface area (Å²) in [6, 6.07) is 16.0. The predicted octanol–water partition coefficient (Wildman–Crippen LogP) is 4.85. The number of carbonyl (C=O) groups is 1. The van der Waals surface area contributed by atoms with Crippen LogP contribution in [0, 0.1) is 12.8 Å². The summed E-state index contributed by atoms with van der Waals surface area (Å²) < 4.78 is 5.48. The molecule has 3 aromatic rings. The summed E-state index contributed by atoms with van der Waals surface area (Å²) in [4.78, 5) is 19.4.